The number of ether oxygens (including phenoxy) is 2. The highest BCUT2D eigenvalue weighted by Crippen LogP contribution is 2.18. The summed E-state index contributed by atoms with van der Waals surface area (Å²) in [5, 5.41) is 9.80. The highest BCUT2D eigenvalue weighted by Gasteiger charge is 2.45. The molecule has 0 atom stereocenters. The molecule has 0 radical (unpaired) electrons. The largest absolute Gasteiger partial charge is 0.497 e. The van der Waals surface area contributed by atoms with Crippen molar-refractivity contribution in [2.24, 2.45) is 0 Å². The van der Waals surface area contributed by atoms with Gasteiger partial charge in [-0.25, -0.2) is 0 Å². The van der Waals surface area contributed by atoms with E-state index < -0.39 is 21.4 Å². The third kappa shape index (κ3) is 4.11. The predicted octanol–water partition coefficient (Wildman–Crippen LogP) is 0.745. The summed E-state index contributed by atoms with van der Waals surface area (Å²) in [4.78, 5) is 0. The van der Waals surface area contributed by atoms with Crippen molar-refractivity contribution in [2.75, 3.05) is 14.2 Å². The molecule has 0 saturated carbocycles. The minimum absolute atomic E-state index is 0.126. The summed E-state index contributed by atoms with van der Waals surface area (Å²) in [6.07, 6.45) is 0. The van der Waals surface area contributed by atoms with Gasteiger partial charge in [0.25, 0.3) is 0 Å². The average Bonchev–Trinajstić information content (AvgIpc) is 2.83. The second-order valence-electron chi connectivity index (χ2n) is 6.74. The Hall–Kier alpha value is -2.71. The van der Waals surface area contributed by atoms with Crippen LogP contribution in [0.5, 0.6) is 11.5 Å². The van der Waals surface area contributed by atoms with Gasteiger partial charge in [-0.05, 0) is 23.2 Å². The van der Waals surface area contributed by atoms with E-state index in [1.165, 1.54) is 0 Å². The zero-order valence-corrected chi connectivity index (χ0v) is 16.9. The summed E-state index contributed by atoms with van der Waals surface area (Å²) in [5.74, 6) is 1.30. The van der Waals surface area contributed by atoms with Gasteiger partial charge in [-0.3, -0.25) is 0 Å². The summed E-state index contributed by atoms with van der Waals surface area (Å²) in [6.45, 7) is -0.126. The van der Waals surface area contributed by atoms with E-state index in [0.717, 1.165) is 22.0 Å². The Kier molecular flexibility index (Phi) is 6.45. The number of rotatable bonds is 6. The molecular formula is C21H21B3O6. The Balaban J connectivity index is 1.76. The minimum atomic E-state index is -0.757. The number of benzene rings is 3. The van der Waals surface area contributed by atoms with Gasteiger partial charge in [0.05, 0.1) is 20.8 Å². The molecule has 1 heterocycles. The van der Waals surface area contributed by atoms with E-state index in [0.29, 0.717) is 11.5 Å². The number of hydrogen-bond acceptors (Lipinski definition) is 6. The van der Waals surface area contributed by atoms with Crippen molar-refractivity contribution in [1.29, 1.82) is 0 Å². The van der Waals surface area contributed by atoms with Crippen LogP contribution in [0.1, 0.15) is 5.56 Å². The Morgan fingerprint density at radius 3 is 1.50 bits per heavy atom. The average molecular weight is 402 g/mol. The molecule has 3 aromatic rings. The first kappa shape index (κ1) is 20.6. The molecule has 1 saturated heterocycles. The zero-order chi connectivity index (χ0) is 20.9. The molecule has 6 nitrogen and oxygen atoms in total. The molecule has 0 amide bonds. The van der Waals surface area contributed by atoms with Gasteiger partial charge in [0.1, 0.15) is 11.5 Å². The number of methoxy groups -OCH3 is 2. The molecule has 3 aromatic carbocycles. The summed E-state index contributed by atoms with van der Waals surface area (Å²) in [5.41, 5.74) is 2.95. The van der Waals surface area contributed by atoms with Gasteiger partial charge in [-0.1, -0.05) is 60.7 Å². The molecule has 9 heteroatoms. The van der Waals surface area contributed by atoms with Crippen molar-refractivity contribution in [1.82, 2.24) is 0 Å². The zero-order valence-electron chi connectivity index (χ0n) is 16.9. The van der Waals surface area contributed by atoms with E-state index in [-0.39, 0.29) is 6.61 Å². The Morgan fingerprint density at radius 2 is 1.03 bits per heavy atom. The fraction of sp³-hybridized carbons (Fsp3) is 0.143. The Bertz CT molecular complexity index is 869. The summed E-state index contributed by atoms with van der Waals surface area (Å²) >= 11 is 0. The smallest absolute Gasteiger partial charge is 0.470 e. The van der Waals surface area contributed by atoms with E-state index in [2.05, 4.69) is 0 Å². The maximum absolute atomic E-state index is 9.80. The third-order valence-corrected chi connectivity index (χ3v) is 5.01. The summed E-state index contributed by atoms with van der Waals surface area (Å²) in [7, 11) is 0.957. The number of aliphatic hydroxyl groups is 1. The maximum atomic E-state index is 9.80. The first-order valence-corrected chi connectivity index (χ1v) is 9.66. The van der Waals surface area contributed by atoms with Gasteiger partial charge >= 0.3 is 21.4 Å². The van der Waals surface area contributed by atoms with Crippen molar-refractivity contribution in [3.8, 4) is 11.5 Å². The fourth-order valence-electron chi connectivity index (χ4n) is 3.50. The van der Waals surface area contributed by atoms with Crippen LogP contribution in [-0.2, 0) is 20.3 Å². The van der Waals surface area contributed by atoms with E-state index in [9.17, 15) is 5.11 Å². The molecule has 1 fully saturated rings. The Labute approximate surface area is 177 Å². The van der Waals surface area contributed by atoms with Gasteiger partial charge in [-0.2, -0.15) is 0 Å². The lowest BCUT2D eigenvalue weighted by Crippen LogP contribution is -2.62. The molecule has 1 aliphatic rings. The molecule has 0 aliphatic carbocycles. The van der Waals surface area contributed by atoms with E-state index in [1.807, 2.05) is 72.8 Å². The lowest BCUT2D eigenvalue weighted by Gasteiger charge is -2.33. The van der Waals surface area contributed by atoms with E-state index in [1.54, 1.807) is 14.2 Å². The van der Waals surface area contributed by atoms with Crippen molar-refractivity contribution in [2.45, 2.75) is 6.61 Å². The predicted molar refractivity (Wildman–Crippen MR) is 118 cm³/mol. The SMILES string of the molecule is COc1ccccc1B1OB(c2ccccc2CO)OB(c2ccccc2OC)O1. The number of hydrogen-bond donors (Lipinski definition) is 1. The monoisotopic (exact) mass is 402 g/mol. The second kappa shape index (κ2) is 9.40. The van der Waals surface area contributed by atoms with Crippen molar-refractivity contribution < 1.29 is 28.3 Å². The fourth-order valence-corrected chi connectivity index (χ4v) is 3.50. The van der Waals surface area contributed by atoms with Gasteiger partial charge in [-0.15, -0.1) is 0 Å². The van der Waals surface area contributed by atoms with Gasteiger partial charge in [0.2, 0.25) is 0 Å². The summed E-state index contributed by atoms with van der Waals surface area (Å²) < 4.78 is 29.6. The number of aliphatic hydroxyl groups excluding tert-OH is 1. The molecule has 0 bridgehead atoms. The minimum Gasteiger partial charge on any atom is -0.497 e. The molecule has 0 spiro atoms. The molecule has 0 unspecified atom stereocenters. The van der Waals surface area contributed by atoms with Crippen LogP contribution >= 0.6 is 0 Å². The lowest BCUT2D eigenvalue weighted by atomic mass is 9.60. The topological polar surface area (TPSA) is 66.4 Å². The van der Waals surface area contributed by atoms with Crippen LogP contribution < -0.4 is 25.9 Å². The molecule has 4 rings (SSSR count). The van der Waals surface area contributed by atoms with Crippen LogP contribution in [-0.4, -0.2) is 40.7 Å². The van der Waals surface area contributed by atoms with Crippen molar-refractivity contribution in [3.63, 3.8) is 0 Å². The standard InChI is InChI=1S/C21H21B3O6/c1-26-20-13-7-5-11-18(20)23-28-22(17-10-4-3-9-16(17)15-25)29-24(30-23)19-12-6-8-14-21(19)27-2/h3-14,25H,15H2,1-2H3. The van der Waals surface area contributed by atoms with Crippen LogP contribution in [0.2, 0.25) is 0 Å². The van der Waals surface area contributed by atoms with Crippen molar-refractivity contribution >= 4 is 37.7 Å². The molecule has 150 valence electrons. The molecule has 0 aromatic heterocycles. The van der Waals surface area contributed by atoms with E-state index >= 15 is 0 Å². The maximum Gasteiger partial charge on any atom is 0.470 e. The second-order valence-corrected chi connectivity index (χ2v) is 6.74. The molecule has 30 heavy (non-hydrogen) atoms. The normalized spacial score (nSPS) is 14.0. The molecule has 1 N–H and O–H groups in total. The first-order valence-electron chi connectivity index (χ1n) is 9.66. The van der Waals surface area contributed by atoms with Crippen LogP contribution in [0.15, 0.2) is 72.8 Å². The van der Waals surface area contributed by atoms with Crippen LogP contribution in [0.4, 0.5) is 0 Å². The van der Waals surface area contributed by atoms with Crippen LogP contribution in [0.25, 0.3) is 0 Å². The highest BCUT2D eigenvalue weighted by molar-refractivity contribution is 6.87. The Morgan fingerprint density at radius 1 is 0.633 bits per heavy atom. The highest BCUT2D eigenvalue weighted by atomic mass is 16.7. The number of para-hydroxylation sites is 2. The van der Waals surface area contributed by atoms with Gasteiger partial charge in [0.15, 0.2) is 0 Å². The quantitative estimate of drug-likeness (QED) is 0.615. The van der Waals surface area contributed by atoms with Crippen molar-refractivity contribution in [3.05, 3.63) is 78.4 Å². The summed E-state index contributed by atoms with van der Waals surface area (Å²) in [6, 6.07) is 22.5. The van der Waals surface area contributed by atoms with Gasteiger partial charge in [0, 0.05) is 10.9 Å². The van der Waals surface area contributed by atoms with Gasteiger partial charge < -0.3 is 28.3 Å². The molecular weight excluding hydrogens is 381 g/mol. The lowest BCUT2D eigenvalue weighted by molar-refractivity contribution is 0.280. The first-order chi connectivity index (χ1) is 14.7. The third-order valence-electron chi connectivity index (χ3n) is 5.01. The van der Waals surface area contributed by atoms with Crippen LogP contribution in [0, 0.1) is 0 Å². The van der Waals surface area contributed by atoms with E-state index in [4.69, 9.17) is 23.2 Å². The molecule has 1 aliphatic heterocycles. The van der Waals surface area contributed by atoms with Crippen LogP contribution in [0.3, 0.4) is 0 Å².